The molecule has 1 amide bonds. The Morgan fingerprint density at radius 1 is 1.28 bits per heavy atom. The Kier molecular flexibility index (Phi) is 5.31. The number of ether oxygens (including phenoxy) is 1. The molecule has 0 aliphatic heterocycles. The van der Waals surface area contributed by atoms with E-state index in [1.807, 2.05) is 0 Å². The maximum Gasteiger partial charge on any atom is 0.415 e. The Bertz CT molecular complexity index is 772. The number of nitro groups is 1. The van der Waals surface area contributed by atoms with Crippen molar-refractivity contribution in [3.63, 3.8) is 0 Å². The van der Waals surface area contributed by atoms with Crippen molar-refractivity contribution >= 4 is 17.5 Å². The molecule has 0 bridgehead atoms. The highest BCUT2D eigenvalue weighted by molar-refractivity contribution is 5.90. The first-order valence-corrected chi connectivity index (χ1v) is 7.51. The van der Waals surface area contributed by atoms with Gasteiger partial charge in [-0.05, 0) is 38.5 Å². The van der Waals surface area contributed by atoms with Gasteiger partial charge in [0.1, 0.15) is 17.1 Å². The van der Waals surface area contributed by atoms with Gasteiger partial charge >= 0.3 is 6.09 Å². The number of hydrogen-bond donors (Lipinski definition) is 0. The maximum atomic E-state index is 13.1. The van der Waals surface area contributed by atoms with Crippen LogP contribution in [0.15, 0.2) is 42.7 Å². The number of nitrogens with zero attached hydrogens (tertiary/aromatic N) is 3. The predicted molar refractivity (Wildman–Crippen MR) is 89.7 cm³/mol. The Labute approximate surface area is 144 Å². The first-order valence-electron chi connectivity index (χ1n) is 7.51. The van der Waals surface area contributed by atoms with E-state index in [1.165, 1.54) is 42.7 Å². The van der Waals surface area contributed by atoms with Gasteiger partial charge in [-0.1, -0.05) is 12.1 Å². The molecule has 0 saturated carbocycles. The lowest BCUT2D eigenvalue weighted by Gasteiger charge is -2.27. The second-order valence-electron chi connectivity index (χ2n) is 6.31. The fraction of sp³-hybridized carbons (Fsp3) is 0.294. The summed E-state index contributed by atoms with van der Waals surface area (Å²) in [6, 6.07) is 6.70. The van der Waals surface area contributed by atoms with Gasteiger partial charge in [-0.2, -0.15) is 0 Å². The van der Waals surface area contributed by atoms with Gasteiger partial charge in [0.2, 0.25) is 0 Å². The van der Waals surface area contributed by atoms with Gasteiger partial charge in [-0.25, -0.2) is 9.18 Å². The molecule has 25 heavy (non-hydrogen) atoms. The number of anilines is 1. The Hall–Kier alpha value is -3.03. The topological polar surface area (TPSA) is 85.6 Å². The zero-order valence-corrected chi connectivity index (χ0v) is 14.1. The van der Waals surface area contributed by atoms with E-state index >= 15 is 0 Å². The molecule has 132 valence electrons. The van der Waals surface area contributed by atoms with Gasteiger partial charge in [0, 0.05) is 12.3 Å². The Morgan fingerprint density at radius 3 is 2.48 bits per heavy atom. The van der Waals surface area contributed by atoms with Gasteiger partial charge in [-0.15, -0.1) is 0 Å². The average molecular weight is 347 g/mol. The highest BCUT2D eigenvalue weighted by Gasteiger charge is 2.29. The first-order chi connectivity index (χ1) is 11.7. The largest absolute Gasteiger partial charge is 0.443 e. The Morgan fingerprint density at radius 2 is 1.92 bits per heavy atom. The first kappa shape index (κ1) is 18.3. The van der Waals surface area contributed by atoms with Crippen molar-refractivity contribution < 1.29 is 18.8 Å². The molecule has 0 spiro atoms. The number of carbonyl (C=O) groups is 1. The molecule has 8 heteroatoms. The third-order valence-electron chi connectivity index (χ3n) is 3.13. The summed E-state index contributed by atoms with van der Waals surface area (Å²) in [6.07, 6.45) is 1.74. The summed E-state index contributed by atoms with van der Waals surface area (Å²) in [6.45, 7) is 5.05. The number of aromatic nitrogens is 1. The van der Waals surface area contributed by atoms with Crippen molar-refractivity contribution in [1.29, 1.82) is 0 Å². The highest BCUT2D eigenvalue weighted by atomic mass is 19.1. The summed E-state index contributed by atoms with van der Waals surface area (Å²) in [4.78, 5) is 28.3. The monoisotopic (exact) mass is 347 g/mol. The highest BCUT2D eigenvalue weighted by Crippen LogP contribution is 2.29. The molecule has 7 nitrogen and oxygen atoms in total. The van der Waals surface area contributed by atoms with E-state index in [0.717, 1.165) is 4.90 Å². The van der Waals surface area contributed by atoms with Crippen LogP contribution in [0.1, 0.15) is 26.3 Å². The molecule has 0 aliphatic carbocycles. The minimum atomic E-state index is -0.783. The lowest BCUT2D eigenvalue weighted by atomic mass is 10.2. The van der Waals surface area contributed by atoms with Crippen molar-refractivity contribution in [2.75, 3.05) is 4.90 Å². The lowest BCUT2D eigenvalue weighted by Crippen LogP contribution is -2.37. The molecular weight excluding hydrogens is 329 g/mol. The molecule has 0 N–H and O–H groups in total. The molecule has 0 fully saturated rings. The molecular formula is C17H18FN3O4. The van der Waals surface area contributed by atoms with Crippen molar-refractivity contribution in [2.45, 2.75) is 32.9 Å². The number of amides is 1. The van der Waals surface area contributed by atoms with Crippen LogP contribution in [0.25, 0.3) is 0 Å². The molecule has 0 atom stereocenters. The summed E-state index contributed by atoms with van der Waals surface area (Å²) in [7, 11) is 0. The van der Waals surface area contributed by atoms with Gasteiger partial charge in [0.15, 0.2) is 0 Å². The normalized spacial score (nSPS) is 11.0. The molecule has 0 saturated heterocycles. The third kappa shape index (κ3) is 4.97. The van der Waals surface area contributed by atoms with E-state index in [4.69, 9.17) is 4.74 Å². The minimum absolute atomic E-state index is 0.00563. The van der Waals surface area contributed by atoms with Gasteiger partial charge < -0.3 is 4.74 Å². The minimum Gasteiger partial charge on any atom is -0.443 e. The standard InChI is InChI=1S/C17H18FN3O4/c1-17(2,3)25-16(22)20(11-12-4-6-13(18)7-5-12)15-10-19-9-8-14(15)21(23)24/h4-10H,11H2,1-3H3. The van der Waals surface area contributed by atoms with E-state index in [9.17, 15) is 19.3 Å². The number of hydrogen-bond acceptors (Lipinski definition) is 5. The molecule has 2 aromatic rings. The zero-order chi connectivity index (χ0) is 18.6. The summed E-state index contributed by atoms with van der Waals surface area (Å²) in [5.41, 5.74) is -0.464. The van der Waals surface area contributed by atoms with Crippen LogP contribution in [0.5, 0.6) is 0 Å². The van der Waals surface area contributed by atoms with E-state index in [0.29, 0.717) is 5.56 Å². The number of benzene rings is 1. The summed E-state index contributed by atoms with van der Waals surface area (Å²) < 4.78 is 18.4. The molecule has 1 heterocycles. The molecule has 0 radical (unpaired) electrons. The number of carbonyl (C=O) groups excluding carboxylic acids is 1. The van der Waals surface area contributed by atoms with E-state index in [1.54, 1.807) is 20.8 Å². The van der Waals surface area contributed by atoms with E-state index < -0.39 is 22.4 Å². The fourth-order valence-electron chi connectivity index (χ4n) is 2.08. The van der Waals surface area contributed by atoms with E-state index in [-0.39, 0.29) is 17.9 Å². The van der Waals surface area contributed by atoms with Crippen LogP contribution < -0.4 is 4.90 Å². The number of pyridine rings is 1. The molecule has 1 aromatic carbocycles. The smallest absolute Gasteiger partial charge is 0.415 e. The van der Waals surface area contributed by atoms with Crippen LogP contribution >= 0.6 is 0 Å². The summed E-state index contributed by atoms with van der Waals surface area (Å²) in [5.74, 6) is -0.417. The van der Waals surface area contributed by atoms with Gasteiger partial charge in [0.05, 0.1) is 17.7 Å². The fourth-order valence-corrected chi connectivity index (χ4v) is 2.08. The third-order valence-corrected chi connectivity index (χ3v) is 3.13. The number of rotatable bonds is 4. The van der Waals surface area contributed by atoms with Crippen LogP contribution in [-0.4, -0.2) is 21.6 Å². The summed E-state index contributed by atoms with van der Waals surface area (Å²) >= 11 is 0. The van der Waals surface area contributed by atoms with E-state index in [2.05, 4.69) is 4.98 Å². The van der Waals surface area contributed by atoms with Crippen LogP contribution in [0.2, 0.25) is 0 Å². The van der Waals surface area contributed by atoms with Crippen LogP contribution in [0.3, 0.4) is 0 Å². The van der Waals surface area contributed by atoms with Crippen LogP contribution in [-0.2, 0) is 11.3 Å². The molecule has 2 rings (SSSR count). The maximum absolute atomic E-state index is 13.1. The average Bonchev–Trinajstić information content (AvgIpc) is 2.52. The second kappa shape index (κ2) is 7.25. The molecule has 0 aliphatic rings. The van der Waals surface area contributed by atoms with Crippen molar-refractivity contribution in [3.8, 4) is 0 Å². The van der Waals surface area contributed by atoms with Gasteiger partial charge in [0.25, 0.3) is 5.69 Å². The van der Waals surface area contributed by atoms with Crippen molar-refractivity contribution in [3.05, 3.63) is 64.2 Å². The predicted octanol–water partition coefficient (Wildman–Crippen LogP) is 4.07. The second-order valence-corrected chi connectivity index (χ2v) is 6.31. The molecule has 1 aromatic heterocycles. The SMILES string of the molecule is CC(C)(C)OC(=O)N(Cc1ccc(F)cc1)c1cnccc1[N+](=O)[O-]. The van der Waals surface area contributed by atoms with Crippen molar-refractivity contribution in [2.24, 2.45) is 0 Å². The lowest BCUT2D eigenvalue weighted by molar-refractivity contribution is -0.384. The van der Waals surface area contributed by atoms with Gasteiger partial charge in [-0.3, -0.25) is 20.0 Å². The summed E-state index contributed by atoms with van der Waals surface area (Å²) in [5, 5.41) is 11.3. The van der Waals surface area contributed by atoms with Crippen molar-refractivity contribution in [1.82, 2.24) is 4.98 Å². The number of halogens is 1. The zero-order valence-electron chi connectivity index (χ0n) is 14.1. The van der Waals surface area contributed by atoms with Crippen LogP contribution in [0, 0.1) is 15.9 Å². The Balaban J connectivity index is 2.43. The molecule has 0 unspecified atom stereocenters. The van der Waals surface area contributed by atoms with Crippen LogP contribution in [0.4, 0.5) is 20.6 Å². The quantitative estimate of drug-likeness (QED) is 0.615.